The molecule has 1 aliphatic heterocycles. The molecule has 0 radical (unpaired) electrons. The van der Waals surface area contributed by atoms with Gasteiger partial charge in [0.2, 0.25) is 11.8 Å². The van der Waals surface area contributed by atoms with Gasteiger partial charge < -0.3 is 50.9 Å². The minimum atomic E-state index is -5.60. The number of carbonyl (C=O) groups is 4. The average molecular weight is 880 g/mol. The molecular formula is C27H44N7O18P3S. The quantitative estimate of drug-likeness (QED) is 0.0415. The molecule has 1 aliphatic rings. The predicted octanol–water partition coefficient (Wildman–Crippen LogP) is -0.936. The number of hydrogen-bond acceptors (Lipinski definition) is 19. The number of amides is 2. The number of nitrogens with two attached hydrogens (primary N) is 1. The molecule has 1 fully saturated rings. The van der Waals surface area contributed by atoms with Crippen molar-refractivity contribution in [2.75, 3.05) is 37.8 Å². The fourth-order valence-electron chi connectivity index (χ4n) is 4.89. The van der Waals surface area contributed by atoms with Gasteiger partial charge in [-0.3, -0.25) is 37.3 Å². The van der Waals surface area contributed by atoms with Crippen LogP contribution in [-0.2, 0) is 61.2 Å². The van der Waals surface area contributed by atoms with E-state index >= 15 is 0 Å². The lowest BCUT2D eigenvalue weighted by atomic mass is 9.87. The Kier molecular flexibility index (Phi) is 16.0. The van der Waals surface area contributed by atoms with E-state index in [0.29, 0.717) is 0 Å². The molecule has 2 amide bonds. The second-order valence-corrected chi connectivity index (χ2v) is 18.5. The van der Waals surface area contributed by atoms with Gasteiger partial charge in [-0.1, -0.05) is 25.6 Å². The van der Waals surface area contributed by atoms with E-state index < -0.39 is 90.0 Å². The van der Waals surface area contributed by atoms with Gasteiger partial charge in [-0.25, -0.2) is 28.6 Å². The monoisotopic (exact) mass is 879 g/mol. The number of Topliss-reactive ketones (excluding diaryl/α,β-unsaturated/α-hetero) is 1. The number of anilines is 1. The number of ketones is 1. The van der Waals surface area contributed by atoms with Gasteiger partial charge in [0.25, 0.3) is 0 Å². The normalized spacial score (nSPS) is 23.5. The molecule has 25 nitrogen and oxygen atoms in total. The SMILES string of the molecule is CC(=O)[C@H](C)C(=O)SCCNC(=O)CCNC(=O)C(O)C(C)(C)COP(=O)(O)OP(=O)(O)OCC1OC(C)(n2cnc3c(N)ncnc32)C(O)C1OP(=O)(O)O. The van der Waals surface area contributed by atoms with Crippen molar-refractivity contribution in [1.82, 2.24) is 30.2 Å². The average Bonchev–Trinajstić information content (AvgIpc) is 3.63. The molecule has 0 aliphatic carbocycles. The zero-order valence-corrected chi connectivity index (χ0v) is 34.0. The summed E-state index contributed by atoms with van der Waals surface area (Å²) in [5, 5.41) is 26.2. The first-order chi connectivity index (χ1) is 25.7. The van der Waals surface area contributed by atoms with E-state index in [1.54, 1.807) is 0 Å². The van der Waals surface area contributed by atoms with Crippen molar-refractivity contribution < 1.29 is 85.3 Å². The number of nitrogens with one attached hydrogen (secondary N) is 2. The van der Waals surface area contributed by atoms with Crippen LogP contribution in [0.15, 0.2) is 12.7 Å². The molecule has 316 valence electrons. The molecule has 3 rings (SSSR count). The molecule has 0 saturated carbocycles. The number of nitrogens with zero attached hydrogens (tertiary/aromatic N) is 4. The Morgan fingerprint density at radius 2 is 1.71 bits per heavy atom. The summed E-state index contributed by atoms with van der Waals surface area (Å²) in [7, 11) is -16.5. The van der Waals surface area contributed by atoms with Crippen LogP contribution in [0.5, 0.6) is 0 Å². The van der Waals surface area contributed by atoms with E-state index in [1.165, 1.54) is 34.6 Å². The zero-order valence-electron chi connectivity index (χ0n) is 30.5. The molecule has 0 bridgehead atoms. The van der Waals surface area contributed by atoms with Crippen LogP contribution in [0.1, 0.15) is 41.0 Å². The summed E-state index contributed by atoms with van der Waals surface area (Å²) < 4.78 is 62.5. The van der Waals surface area contributed by atoms with Gasteiger partial charge in [0, 0.05) is 30.7 Å². The summed E-state index contributed by atoms with van der Waals surface area (Å²) >= 11 is 0.886. The van der Waals surface area contributed by atoms with Crippen LogP contribution >= 0.6 is 35.2 Å². The Balaban J connectivity index is 1.53. The Morgan fingerprint density at radius 3 is 2.34 bits per heavy atom. The minimum Gasteiger partial charge on any atom is -0.385 e. The number of phosphoric acid groups is 3. The molecule has 29 heteroatoms. The number of aliphatic hydroxyl groups excluding tert-OH is 2. The lowest BCUT2D eigenvalue weighted by Gasteiger charge is -2.30. The van der Waals surface area contributed by atoms with Crippen LogP contribution < -0.4 is 16.4 Å². The van der Waals surface area contributed by atoms with Crippen molar-refractivity contribution in [1.29, 1.82) is 0 Å². The lowest BCUT2D eigenvalue weighted by Crippen LogP contribution is -2.46. The van der Waals surface area contributed by atoms with Crippen molar-refractivity contribution in [3.05, 3.63) is 12.7 Å². The fraction of sp³-hybridized carbons (Fsp3) is 0.667. The smallest absolute Gasteiger partial charge is 0.385 e. The third kappa shape index (κ3) is 12.9. The largest absolute Gasteiger partial charge is 0.481 e. The summed E-state index contributed by atoms with van der Waals surface area (Å²) in [6.07, 6.45) is -5.61. The highest BCUT2D eigenvalue weighted by molar-refractivity contribution is 8.13. The van der Waals surface area contributed by atoms with Crippen LogP contribution in [0.4, 0.5) is 5.82 Å². The maximum Gasteiger partial charge on any atom is 0.481 e. The number of nitrogen functional groups attached to an aromatic ring is 1. The number of imidazole rings is 1. The predicted molar refractivity (Wildman–Crippen MR) is 192 cm³/mol. The molecular weight excluding hydrogens is 835 g/mol. The van der Waals surface area contributed by atoms with Gasteiger partial charge >= 0.3 is 23.5 Å². The van der Waals surface area contributed by atoms with Gasteiger partial charge in [-0.2, -0.15) is 4.31 Å². The third-order valence-electron chi connectivity index (χ3n) is 8.20. The molecule has 2 aromatic rings. The third-order valence-corrected chi connectivity index (χ3v) is 12.3. The van der Waals surface area contributed by atoms with E-state index in [-0.39, 0.29) is 53.1 Å². The van der Waals surface area contributed by atoms with Crippen molar-refractivity contribution in [2.45, 2.75) is 71.2 Å². The summed E-state index contributed by atoms with van der Waals surface area (Å²) in [5.41, 5.74) is 2.26. The summed E-state index contributed by atoms with van der Waals surface area (Å²) in [4.78, 5) is 98.9. The number of phosphoric ester groups is 3. The first-order valence-electron chi connectivity index (χ1n) is 16.3. The van der Waals surface area contributed by atoms with Crippen molar-refractivity contribution in [2.24, 2.45) is 11.3 Å². The van der Waals surface area contributed by atoms with Gasteiger partial charge in [0.05, 0.1) is 25.5 Å². The Morgan fingerprint density at radius 1 is 1.07 bits per heavy atom. The number of thioether (sulfide) groups is 1. The van der Waals surface area contributed by atoms with Crippen LogP contribution in [0, 0.1) is 11.3 Å². The molecule has 3 heterocycles. The van der Waals surface area contributed by atoms with Crippen LogP contribution in [0.3, 0.4) is 0 Å². The highest BCUT2D eigenvalue weighted by atomic mass is 32.2. The number of aromatic nitrogens is 4. The Bertz CT molecular complexity index is 1910. The topological polar surface area (TPSA) is 381 Å². The van der Waals surface area contributed by atoms with E-state index in [1.807, 2.05) is 0 Å². The molecule has 0 spiro atoms. The summed E-state index contributed by atoms with van der Waals surface area (Å²) in [6, 6.07) is 0. The fourth-order valence-corrected chi connectivity index (χ4v) is 8.53. The van der Waals surface area contributed by atoms with E-state index in [4.69, 9.17) is 24.0 Å². The molecule has 1 saturated heterocycles. The second kappa shape index (κ2) is 18.9. The highest BCUT2D eigenvalue weighted by Crippen LogP contribution is 2.61. The number of carbonyl (C=O) groups excluding carboxylic acids is 4. The van der Waals surface area contributed by atoms with Gasteiger partial charge in [-0.15, -0.1) is 0 Å². The van der Waals surface area contributed by atoms with E-state index in [2.05, 4.69) is 29.9 Å². The van der Waals surface area contributed by atoms with Crippen molar-refractivity contribution >= 4 is 74.9 Å². The number of ether oxygens (including phenoxy) is 1. The molecule has 0 aromatic carbocycles. The maximum absolute atomic E-state index is 12.7. The molecule has 7 unspecified atom stereocenters. The Hall–Kier alpha value is -2.77. The van der Waals surface area contributed by atoms with E-state index in [9.17, 15) is 62.7 Å². The molecule has 56 heavy (non-hydrogen) atoms. The number of fused-ring (bicyclic) bond motifs is 1. The van der Waals surface area contributed by atoms with Crippen molar-refractivity contribution in [3.63, 3.8) is 0 Å². The molecule has 10 N–H and O–H groups in total. The van der Waals surface area contributed by atoms with Crippen LogP contribution in [-0.4, -0.2) is 128 Å². The lowest BCUT2D eigenvalue weighted by molar-refractivity contribution is -0.137. The van der Waals surface area contributed by atoms with Gasteiger partial charge in [-0.05, 0) is 20.8 Å². The number of hydrogen-bond donors (Lipinski definition) is 9. The molecule has 8 atom stereocenters. The maximum atomic E-state index is 12.7. The molecule has 2 aromatic heterocycles. The van der Waals surface area contributed by atoms with Gasteiger partial charge in [0.15, 0.2) is 22.3 Å². The summed E-state index contributed by atoms with van der Waals surface area (Å²) in [5.74, 6) is -2.39. The second-order valence-electron chi connectivity index (χ2n) is 13.1. The van der Waals surface area contributed by atoms with Crippen LogP contribution in [0.25, 0.3) is 11.2 Å². The number of aliphatic hydroxyl groups is 2. The highest BCUT2D eigenvalue weighted by Gasteiger charge is 2.57. The Labute approximate surface area is 322 Å². The van der Waals surface area contributed by atoms with E-state index in [0.717, 1.165) is 29.0 Å². The standard InChI is InChI=1S/C27H44N7O18P3S/c1-14(15(2)35)25(40)56-9-8-29-17(36)6-7-30-24(39)21(38)26(3,4)11-49-55(46,47)52-54(44,45)48-10-16-19(51-53(41,42)43)20(37)27(5,50-16)34-13-33-18-22(28)31-12-32-23(18)34/h12-14,16,19-21,37-38H,6-11H2,1-5H3,(H,29,36)(H,30,39)(H,44,45)(H,46,47)(H2,28,31,32)(H2,41,42,43)/t14-,16?,19?,20?,21?,27?/m0/s1. The van der Waals surface area contributed by atoms with Crippen LogP contribution in [0.2, 0.25) is 0 Å². The summed E-state index contributed by atoms with van der Waals surface area (Å²) in [6.45, 7) is 4.28. The van der Waals surface area contributed by atoms with Crippen molar-refractivity contribution in [3.8, 4) is 0 Å². The first kappa shape index (κ1) is 47.6. The minimum absolute atomic E-state index is 0.0122. The van der Waals surface area contributed by atoms with Gasteiger partial charge in [0.1, 0.15) is 42.0 Å². The zero-order chi connectivity index (χ0) is 42.4. The first-order valence-corrected chi connectivity index (χ1v) is 21.8. The number of rotatable bonds is 21.